The van der Waals surface area contributed by atoms with E-state index in [1.54, 1.807) is 0 Å². The van der Waals surface area contributed by atoms with Gasteiger partial charge in [-0.3, -0.25) is 25.0 Å². The Morgan fingerprint density at radius 3 is 2.60 bits per heavy atom. The van der Waals surface area contributed by atoms with Crippen molar-refractivity contribution in [1.82, 2.24) is 5.43 Å². The van der Waals surface area contributed by atoms with Crippen molar-refractivity contribution in [2.24, 2.45) is 5.10 Å². The first-order valence-corrected chi connectivity index (χ1v) is 6.85. The van der Waals surface area contributed by atoms with Crippen molar-refractivity contribution in [1.29, 1.82) is 0 Å². The minimum atomic E-state index is -1.07. The summed E-state index contributed by atoms with van der Waals surface area (Å²) in [4.78, 5) is 31.9. The highest BCUT2D eigenvalue weighted by molar-refractivity contribution is 5.83. The molecule has 0 spiro atoms. The lowest BCUT2D eigenvalue weighted by molar-refractivity contribution is -0.402. The van der Waals surface area contributed by atoms with E-state index < -0.39 is 27.7 Å². The molecule has 1 heterocycles. The monoisotopic (exact) mass is 348 g/mol. The molecule has 1 aromatic heterocycles. The number of nitro groups is 2. The highest BCUT2D eigenvalue weighted by Crippen LogP contribution is 2.26. The zero-order valence-electron chi connectivity index (χ0n) is 12.8. The number of para-hydroxylation sites is 2. The SMILES string of the molecule is C[C@H](Oc1ccccc1[N+](=O)[O-])C(=O)NN=Cc1ccc([N+](=O)[O-])o1. The van der Waals surface area contributed by atoms with Gasteiger partial charge >= 0.3 is 11.6 Å². The summed E-state index contributed by atoms with van der Waals surface area (Å²) in [6.07, 6.45) is 0.00644. The molecular weight excluding hydrogens is 336 g/mol. The van der Waals surface area contributed by atoms with Crippen LogP contribution in [0.1, 0.15) is 12.7 Å². The van der Waals surface area contributed by atoms with Crippen molar-refractivity contribution in [2.75, 3.05) is 0 Å². The van der Waals surface area contributed by atoms with Crippen LogP contribution in [0.3, 0.4) is 0 Å². The van der Waals surface area contributed by atoms with E-state index >= 15 is 0 Å². The van der Waals surface area contributed by atoms with Crippen LogP contribution >= 0.6 is 0 Å². The van der Waals surface area contributed by atoms with Crippen LogP contribution in [-0.2, 0) is 4.79 Å². The van der Waals surface area contributed by atoms with Crippen molar-refractivity contribution < 1.29 is 23.8 Å². The third-order valence-electron chi connectivity index (χ3n) is 2.89. The quantitative estimate of drug-likeness (QED) is 0.456. The summed E-state index contributed by atoms with van der Waals surface area (Å²) in [6, 6.07) is 8.08. The number of nitro benzene ring substituents is 1. The smallest absolute Gasteiger partial charge is 0.433 e. The molecular formula is C14H12N4O7. The van der Waals surface area contributed by atoms with Gasteiger partial charge in [-0.05, 0) is 19.1 Å². The summed E-state index contributed by atoms with van der Waals surface area (Å²) in [7, 11) is 0. The zero-order valence-corrected chi connectivity index (χ0v) is 12.8. The molecule has 0 saturated carbocycles. The molecule has 0 aliphatic rings. The van der Waals surface area contributed by atoms with Crippen LogP contribution in [0.25, 0.3) is 0 Å². The summed E-state index contributed by atoms with van der Waals surface area (Å²) in [5.41, 5.74) is 1.87. The van der Waals surface area contributed by atoms with Crippen molar-refractivity contribution >= 4 is 23.7 Å². The van der Waals surface area contributed by atoms with Gasteiger partial charge in [-0.15, -0.1) is 0 Å². The number of furan rings is 1. The maximum Gasteiger partial charge on any atom is 0.433 e. The number of nitrogens with zero attached hydrogens (tertiary/aromatic N) is 3. The van der Waals surface area contributed by atoms with Gasteiger partial charge < -0.3 is 9.15 Å². The van der Waals surface area contributed by atoms with Crippen LogP contribution in [0, 0.1) is 20.2 Å². The summed E-state index contributed by atoms with van der Waals surface area (Å²) in [5, 5.41) is 24.9. The van der Waals surface area contributed by atoms with E-state index in [9.17, 15) is 25.0 Å². The Morgan fingerprint density at radius 2 is 1.96 bits per heavy atom. The Bertz CT molecular complexity index is 830. The first-order chi connectivity index (χ1) is 11.9. The molecule has 11 nitrogen and oxygen atoms in total. The number of hydrogen-bond acceptors (Lipinski definition) is 8. The van der Waals surface area contributed by atoms with Gasteiger partial charge in [-0.1, -0.05) is 12.1 Å². The number of amides is 1. The minimum absolute atomic E-state index is 0.0548. The Labute approximate surface area is 140 Å². The van der Waals surface area contributed by atoms with Crippen LogP contribution in [0.4, 0.5) is 11.6 Å². The summed E-state index contributed by atoms with van der Waals surface area (Å²) in [5.74, 6) is -1.11. The molecule has 0 unspecified atom stereocenters. The summed E-state index contributed by atoms with van der Waals surface area (Å²) >= 11 is 0. The van der Waals surface area contributed by atoms with Crippen molar-refractivity contribution in [3.63, 3.8) is 0 Å². The third kappa shape index (κ3) is 4.60. The van der Waals surface area contributed by atoms with E-state index in [0.717, 1.165) is 12.3 Å². The van der Waals surface area contributed by atoms with Crippen LogP contribution < -0.4 is 10.2 Å². The second-order valence-corrected chi connectivity index (χ2v) is 4.65. The van der Waals surface area contributed by atoms with E-state index in [-0.39, 0.29) is 17.2 Å². The maximum atomic E-state index is 11.9. The molecule has 1 N–H and O–H groups in total. The van der Waals surface area contributed by atoms with Gasteiger partial charge in [0, 0.05) is 6.07 Å². The van der Waals surface area contributed by atoms with Crippen LogP contribution in [0.15, 0.2) is 45.9 Å². The van der Waals surface area contributed by atoms with Crippen LogP contribution in [0.2, 0.25) is 0 Å². The molecule has 0 fully saturated rings. The van der Waals surface area contributed by atoms with Gasteiger partial charge in [-0.25, -0.2) is 5.43 Å². The molecule has 0 radical (unpaired) electrons. The van der Waals surface area contributed by atoms with Gasteiger partial charge in [0.1, 0.15) is 4.92 Å². The molecule has 2 aromatic rings. The molecule has 1 aromatic carbocycles. The number of ether oxygens (including phenoxy) is 1. The lowest BCUT2D eigenvalue weighted by atomic mass is 10.3. The first-order valence-electron chi connectivity index (χ1n) is 6.85. The highest BCUT2D eigenvalue weighted by Gasteiger charge is 2.20. The van der Waals surface area contributed by atoms with Gasteiger partial charge in [-0.2, -0.15) is 5.10 Å². The van der Waals surface area contributed by atoms with E-state index in [2.05, 4.69) is 10.5 Å². The maximum absolute atomic E-state index is 11.9. The second kappa shape index (κ2) is 7.68. The number of benzene rings is 1. The molecule has 1 amide bonds. The fourth-order valence-corrected chi connectivity index (χ4v) is 1.71. The largest absolute Gasteiger partial charge is 0.474 e. The molecule has 2 rings (SSSR count). The number of rotatable bonds is 7. The van der Waals surface area contributed by atoms with Gasteiger partial charge in [0.25, 0.3) is 5.91 Å². The Morgan fingerprint density at radius 1 is 1.24 bits per heavy atom. The highest BCUT2D eigenvalue weighted by atomic mass is 16.6. The molecule has 0 bridgehead atoms. The van der Waals surface area contributed by atoms with E-state index in [1.165, 1.54) is 37.3 Å². The number of hydrogen-bond donors (Lipinski definition) is 1. The molecule has 130 valence electrons. The minimum Gasteiger partial charge on any atom is -0.474 e. The average Bonchev–Trinajstić information content (AvgIpc) is 3.04. The Hall–Kier alpha value is -3.76. The number of carbonyl (C=O) groups is 1. The standard InChI is InChI=1S/C14H12N4O7/c1-9(24-12-5-3-2-4-11(12)17(20)21)14(19)16-15-8-10-6-7-13(25-10)18(22)23/h2-9H,1H3,(H,16,19)/t9-/m0/s1. The number of carbonyl (C=O) groups excluding carboxylic acids is 1. The summed E-state index contributed by atoms with van der Waals surface area (Å²) < 4.78 is 10.1. The second-order valence-electron chi connectivity index (χ2n) is 4.65. The van der Waals surface area contributed by atoms with Gasteiger partial charge in [0.05, 0.1) is 17.2 Å². The van der Waals surface area contributed by atoms with Gasteiger partial charge in [0.2, 0.25) is 0 Å². The lowest BCUT2D eigenvalue weighted by Crippen LogP contribution is -2.33. The van der Waals surface area contributed by atoms with Crippen molar-refractivity contribution in [2.45, 2.75) is 13.0 Å². The fraction of sp³-hybridized carbons (Fsp3) is 0.143. The number of nitrogens with one attached hydrogen (secondary N) is 1. The normalized spacial score (nSPS) is 11.9. The predicted molar refractivity (Wildman–Crippen MR) is 84.3 cm³/mol. The van der Waals surface area contributed by atoms with E-state index in [4.69, 9.17) is 9.15 Å². The van der Waals surface area contributed by atoms with Crippen molar-refractivity contribution in [3.8, 4) is 5.75 Å². The predicted octanol–water partition coefficient (Wildman–Crippen LogP) is 2.01. The van der Waals surface area contributed by atoms with Gasteiger partial charge in [0.15, 0.2) is 17.6 Å². The molecule has 0 aliphatic carbocycles. The topological polar surface area (TPSA) is 150 Å². The molecule has 0 aliphatic heterocycles. The fourth-order valence-electron chi connectivity index (χ4n) is 1.71. The third-order valence-corrected chi connectivity index (χ3v) is 2.89. The first kappa shape index (κ1) is 17.6. The number of hydrazone groups is 1. The zero-order chi connectivity index (χ0) is 18.4. The van der Waals surface area contributed by atoms with Crippen LogP contribution in [0.5, 0.6) is 5.75 Å². The van der Waals surface area contributed by atoms with E-state index in [1.807, 2.05) is 0 Å². The average molecular weight is 348 g/mol. The summed E-state index contributed by atoms with van der Waals surface area (Å²) in [6.45, 7) is 1.39. The molecule has 0 saturated heterocycles. The Balaban J connectivity index is 1.95. The van der Waals surface area contributed by atoms with Crippen LogP contribution in [-0.4, -0.2) is 28.1 Å². The molecule has 25 heavy (non-hydrogen) atoms. The van der Waals surface area contributed by atoms with Crippen molar-refractivity contribution in [3.05, 3.63) is 62.4 Å². The Kier molecular flexibility index (Phi) is 5.40. The molecule has 11 heteroatoms. The van der Waals surface area contributed by atoms with E-state index in [0.29, 0.717) is 0 Å². The molecule has 1 atom stereocenters. The lowest BCUT2D eigenvalue weighted by Gasteiger charge is -2.12.